The topological polar surface area (TPSA) is 46.8 Å². The Morgan fingerprint density at radius 1 is 0.323 bits per heavy atom. The van der Waals surface area contributed by atoms with Gasteiger partial charge in [-0.2, -0.15) is 0 Å². The zero-order valence-electron chi connectivity index (χ0n) is 35.0. The van der Waals surface area contributed by atoms with Gasteiger partial charge in [-0.15, -0.1) is 11.3 Å². The molecule has 6 heteroatoms. The van der Waals surface area contributed by atoms with Crippen LogP contribution in [0.5, 0.6) is 0 Å². The van der Waals surface area contributed by atoms with E-state index in [1.807, 2.05) is 72.0 Å². The predicted octanol–water partition coefficient (Wildman–Crippen LogP) is 16.0. The van der Waals surface area contributed by atoms with Crippen LogP contribution in [-0.4, -0.2) is 19.5 Å². The van der Waals surface area contributed by atoms with Crippen molar-refractivity contribution in [1.29, 1.82) is 0 Å². The molecule has 0 aliphatic carbocycles. The fraction of sp³-hybridized carbons (Fsp3) is 0. The summed E-state index contributed by atoms with van der Waals surface area (Å²) in [5, 5.41) is 5.00. The fourth-order valence-electron chi connectivity index (χ4n) is 9.49. The second-order valence-electron chi connectivity index (χ2n) is 16.5. The lowest BCUT2D eigenvalue weighted by Gasteiger charge is -2.28. The first kappa shape index (κ1) is 37.1. The predicted molar refractivity (Wildman–Crippen MR) is 272 cm³/mol. The van der Waals surface area contributed by atoms with Crippen molar-refractivity contribution < 1.29 is 0 Å². The lowest BCUT2D eigenvalue weighted by Crippen LogP contribution is -2.12. The molecule has 0 fully saturated rings. The van der Waals surface area contributed by atoms with Gasteiger partial charge in [-0.1, -0.05) is 158 Å². The molecule has 1 aliphatic heterocycles. The number of thiophene rings is 1. The highest BCUT2D eigenvalue weighted by molar-refractivity contribution is 7.25. The highest BCUT2D eigenvalue weighted by atomic mass is 32.1. The van der Waals surface area contributed by atoms with Crippen LogP contribution < -0.4 is 4.90 Å². The van der Waals surface area contributed by atoms with Crippen LogP contribution in [0, 0.1) is 0 Å². The molecular formula is C59H37N5S. The van der Waals surface area contributed by atoms with Crippen LogP contribution in [0.3, 0.4) is 0 Å². The average Bonchev–Trinajstić information content (AvgIpc) is 3.86. The minimum atomic E-state index is 0.617. The third-order valence-corrected chi connectivity index (χ3v) is 13.7. The van der Waals surface area contributed by atoms with Crippen molar-refractivity contribution in [3.05, 3.63) is 223 Å². The number of aromatic nitrogens is 4. The maximum atomic E-state index is 5.11. The highest BCUT2D eigenvalue weighted by Gasteiger charge is 2.24. The first-order valence-electron chi connectivity index (χ1n) is 21.8. The first-order valence-corrected chi connectivity index (χ1v) is 22.7. The van der Waals surface area contributed by atoms with E-state index in [2.05, 4.69) is 173 Å². The quantitative estimate of drug-likeness (QED) is 0.167. The van der Waals surface area contributed by atoms with E-state index in [1.54, 1.807) is 0 Å². The molecule has 1 aliphatic rings. The smallest absolute Gasteiger partial charge is 0.164 e. The van der Waals surface area contributed by atoms with Crippen LogP contribution in [0.25, 0.3) is 105 Å². The molecule has 0 amide bonds. The van der Waals surface area contributed by atoms with Crippen LogP contribution in [0.15, 0.2) is 212 Å². The number of rotatable bonds is 6. The van der Waals surface area contributed by atoms with E-state index in [1.165, 1.54) is 42.0 Å². The zero-order chi connectivity index (χ0) is 42.8. The molecule has 65 heavy (non-hydrogen) atoms. The summed E-state index contributed by atoms with van der Waals surface area (Å²) in [6.07, 6.45) is 4.57. The molecule has 4 heterocycles. The number of benzene rings is 9. The summed E-state index contributed by atoms with van der Waals surface area (Å²) in [6, 6.07) is 75.5. The standard InChI is InChI=1S/C59H37N5S/c1-4-15-38(16-5-1)57-60-58(39-17-6-2-7-18-39)62-59(61-57)44-19-14-22-46(34-44)64-51-32-30-40(33-42(51)27-28-43-36-56-50(37-53(43)64)49-24-11-13-26-55(49)65-56)41-29-31-48-47-23-10-12-25-52(47)63(54(48)35-41)45-20-8-3-9-21-45/h1-37H. The second-order valence-corrected chi connectivity index (χ2v) is 17.5. The van der Waals surface area contributed by atoms with E-state index in [4.69, 9.17) is 15.0 Å². The molecule has 12 aromatic rings. The van der Waals surface area contributed by atoms with Gasteiger partial charge in [-0.3, -0.25) is 0 Å². The van der Waals surface area contributed by atoms with Crippen molar-refractivity contribution in [2.75, 3.05) is 4.90 Å². The molecule has 0 saturated carbocycles. The number of hydrogen-bond acceptors (Lipinski definition) is 5. The molecule has 0 atom stereocenters. The minimum Gasteiger partial charge on any atom is -0.309 e. The van der Waals surface area contributed by atoms with Crippen LogP contribution in [0.1, 0.15) is 11.1 Å². The maximum Gasteiger partial charge on any atom is 0.164 e. The van der Waals surface area contributed by atoms with E-state index in [9.17, 15) is 0 Å². The molecule has 0 bridgehead atoms. The Kier molecular flexibility index (Phi) is 8.64. The summed E-state index contributed by atoms with van der Waals surface area (Å²) in [5.41, 5.74) is 14.1. The maximum absolute atomic E-state index is 5.11. The van der Waals surface area contributed by atoms with Crippen molar-refractivity contribution in [3.63, 3.8) is 0 Å². The van der Waals surface area contributed by atoms with Crippen molar-refractivity contribution >= 4 is 82.5 Å². The lowest BCUT2D eigenvalue weighted by molar-refractivity contribution is 1.07. The van der Waals surface area contributed by atoms with E-state index in [-0.39, 0.29) is 0 Å². The Labute approximate surface area is 379 Å². The number of hydrogen-bond donors (Lipinski definition) is 0. The summed E-state index contributed by atoms with van der Waals surface area (Å²) >= 11 is 1.85. The SMILES string of the molecule is C1=Cc2cc3sc4ccccc4c3cc2N(c2cccc(-c3nc(-c4ccccc4)nc(-c4ccccc4)n3)c2)c2ccc(-c3ccc4c5ccccc5n(-c5ccccc5)c4c3)cc21. The van der Waals surface area contributed by atoms with Gasteiger partial charge < -0.3 is 9.47 Å². The van der Waals surface area contributed by atoms with Gasteiger partial charge in [-0.05, 0) is 89.0 Å². The minimum absolute atomic E-state index is 0.617. The van der Waals surface area contributed by atoms with Gasteiger partial charge in [0.15, 0.2) is 17.5 Å². The Hall–Kier alpha value is -8.45. The van der Waals surface area contributed by atoms with Crippen molar-refractivity contribution in [2.45, 2.75) is 0 Å². The summed E-state index contributed by atoms with van der Waals surface area (Å²) in [5.74, 6) is 1.89. The van der Waals surface area contributed by atoms with Gasteiger partial charge in [-0.25, -0.2) is 15.0 Å². The molecule has 0 radical (unpaired) electrons. The number of nitrogens with zero attached hydrogens (tertiary/aromatic N) is 5. The molecule has 9 aromatic carbocycles. The number of anilines is 3. The second kappa shape index (κ2) is 15.1. The van der Waals surface area contributed by atoms with Crippen LogP contribution in [0.4, 0.5) is 17.1 Å². The molecule has 0 N–H and O–H groups in total. The van der Waals surface area contributed by atoms with Gasteiger partial charge in [0.05, 0.1) is 22.4 Å². The first-order chi connectivity index (χ1) is 32.2. The third kappa shape index (κ3) is 6.34. The van der Waals surface area contributed by atoms with Crippen molar-refractivity contribution in [3.8, 4) is 51.0 Å². The molecule has 0 spiro atoms. The Morgan fingerprint density at radius 2 is 0.892 bits per heavy atom. The molecule has 13 rings (SSSR count). The zero-order valence-corrected chi connectivity index (χ0v) is 35.8. The average molecular weight is 848 g/mol. The summed E-state index contributed by atoms with van der Waals surface area (Å²) in [6.45, 7) is 0. The van der Waals surface area contributed by atoms with Gasteiger partial charge in [0.2, 0.25) is 0 Å². The normalized spacial score (nSPS) is 12.2. The number of para-hydroxylation sites is 2. The van der Waals surface area contributed by atoms with Crippen molar-refractivity contribution in [1.82, 2.24) is 19.5 Å². The third-order valence-electron chi connectivity index (χ3n) is 12.6. The van der Waals surface area contributed by atoms with E-state index in [0.29, 0.717) is 17.5 Å². The van der Waals surface area contributed by atoms with E-state index >= 15 is 0 Å². The Balaban J connectivity index is 0.990. The molecule has 3 aromatic heterocycles. The molecular weight excluding hydrogens is 811 g/mol. The van der Waals surface area contributed by atoms with Crippen LogP contribution in [0.2, 0.25) is 0 Å². The van der Waals surface area contributed by atoms with Gasteiger partial charge in [0.1, 0.15) is 0 Å². The van der Waals surface area contributed by atoms with Gasteiger partial charge >= 0.3 is 0 Å². The molecule has 5 nitrogen and oxygen atoms in total. The summed E-state index contributed by atoms with van der Waals surface area (Å²) in [7, 11) is 0. The van der Waals surface area contributed by atoms with E-state index < -0.39 is 0 Å². The molecule has 0 unspecified atom stereocenters. The fourth-order valence-corrected chi connectivity index (χ4v) is 10.6. The molecule has 304 valence electrons. The monoisotopic (exact) mass is 847 g/mol. The Bertz CT molecular complexity index is 3780. The van der Waals surface area contributed by atoms with Gasteiger partial charge in [0.25, 0.3) is 0 Å². The lowest BCUT2D eigenvalue weighted by atomic mass is 9.99. The summed E-state index contributed by atoms with van der Waals surface area (Å²) in [4.78, 5) is 17.6. The molecule has 0 saturated heterocycles. The number of fused-ring (bicyclic) bond motifs is 8. The van der Waals surface area contributed by atoms with Gasteiger partial charge in [0, 0.05) is 59.0 Å². The van der Waals surface area contributed by atoms with Crippen LogP contribution in [-0.2, 0) is 0 Å². The Morgan fingerprint density at radius 3 is 1.65 bits per heavy atom. The highest BCUT2D eigenvalue weighted by Crippen LogP contribution is 2.47. The largest absolute Gasteiger partial charge is 0.309 e. The summed E-state index contributed by atoms with van der Waals surface area (Å²) < 4.78 is 4.94. The van der Waals surface area contributed by atoms with Crippen LogP contribution >= 0.6 is 11.3 Å². The van der Waals surface area contributed by atoms with Crippen molar-refractivity contribution in [2.24, 2.45) is 0 Å². The van der Waals surface area contributed by atoms with E-state index in [0.717, 1.165) is 61.7 Å².